The molecule has 1 N–H and O–H groups in total. The van der Waals surface area contributed by atoms with Crippen molar-refractivity contribution in [1.29, 1.82) is 0 Å². The van der Waals surface area contributed by atoms with Gasteiger partial charge in [0.25, 0.3) is 0 Å². The summed E-state index contributed by atoms with van der Waals surface area (Å²) in [6, 6.07) is 7.59. The lowest BCUT2D eigenvalue weighted by Crippen LogP contribution is -2.56. The Hall–Kier alpha value is -2.02. The van der Waals surface area contributed by atoms with Gasteiger partial charge in [0.2, 0.25) is 0 Å². The van der Waals surface area contributed by atoms with Crippen LogP contribution in [0.4, 0.5) is 5.69 Å². The van der Waals surface area contributed by atoms with E-state index in [9.17, 15) is 5.11 Å². The second-order valence-electron chi connectivity index (χ2n) is 8.52. The van der Waals surface area contributed by atoms with Crippen molar-refractivity contribution in [2.75, 3.05) is 71.0 Å². The number of nitrogens with zero attached hydrogens (tertiary/aromatic N) is 5. The van der Waals surface area contributed by atoms with Gasteiger partial charge in [-0.25, -0.2) is 10.0 Å². The highest BCUT2D eigenvalue weighted by Gasteiger charge is 2.24. The van der Waals surface area contributed by atoms with E-state index in [0.29, 0.717) is 5.75 Å². The first-order valence-electron chi connectivity index (χ1n) is 10.9. The van der Waals surface area contributed by atoms with E-state index < -0.39 is 0 Å². The van der Waals surface area contributed by atoms with Crippen molar-refractivity contribution >= 4 is 5.69 Å². The van der Waals surface area contributed by atoms with Gasteiger partial charge < -0.3 is 14.9 Å². The van der Waals surface area contributed by atoms with Gasteiger partial charge in [-0.3, -0.25) is 4.90 Å². The standard InChI is InChI=1S/C23H35N5O/c1-20-5-3-6-21(17-20)26-11-9-25(10-12-26)19-24(2)28-15-13-27(14-16-28)22-7-4-8-23(29)18-22/h4,6-8,17-18,29H,3,5,9-16,19H2,1-2H3. The molecule has 0 aromatic heterocycles. The zero-order chi connectivity index (χ0) is 20.2. The first-order valence-corrected chi connectivity index (χ1v) is 10.9. The van der Waals surface area contributed by atoms with Crippen molar-refractivity contribution in [3.05, 3.63) is 47.7 Å². The Morgan fingerprint density at radius 2 is 1.69 bits per heavy atom. The first-order chi connectivity index (χ1) is 14.1. The third kappa shape index (κ3) is 5.13. The van der Waals surface area contributed by atoms with Gasteiger partial charge >= 0.3 is 0 Å². The third-order valence-corrected chi connectivity index (χ3v) is 6.36. The van der Waals surface area contributed by atoms with Gasteiger partial charge in [-0.1, -0.05) is 17.7 Å². The zero-order valence-corrected chi connectivity index (χ0v) is 17.9. The monoisotopic (exact) mass is 397 g/mol. The Morgan fingerprint density at radius 1 is 0.966 bits per heavy atom. The van der Waals surface area contributed by atoms with Crippen LogP contribution in [0.1, 0.15) is 19.8 Å². The Kier molecular flexibility index (Phi) is 6.43. The number of benzene rings is 1. The molecule has 6 nitrogen and oxygen atoms in total. The van der Waals surface area contributed by atoms with Gasteiger partial charge in [0, 0.05) is 76.9 Å². The Bertz CT molecular complexity index is 745. The summed E-state index contributed by atoms with van der Waals surface area (Å²) in [5, 5.41) is 14.6. The van der Waals surface area contributed by atoms with Crippen molar-refractivity contribution in [2.24, 2.45) is 0 Å². The number of hydrazine groups is 1. The molecular formula is C23H35N5O. The van der Waals surface area contributed by atoms with E-state index in [4.69, 9.17) is 0 Å². The van der Waals surface area contributed by atoms with Crippen LogP contribution in [0.2, 0.25) is 0 Å². The van der Waals surface area contributed by atoms with Crippen LogP contribution in [-0.2, 0) is 0 Å². The molecule has 6 heteroatoms. The van der Waals surface area contributed by atoms with E-state index >= 15 is 0 Å². The average molecular weight is 398 g/mol. The molecule has 2 fully saturated rings. The van der Waals surface area contributed by atoms with Crippen LogP contribution in [0.25, 0.3) is 0 Å². The minimum Gasteiger partial charge on any atom is -0.508 e. The van der Waals surface area contributed by atoms with Gasteiger partial charge in [0.1, 0.15) is 5.75 Å². The predicted octanol–water partition coefficient (Wildman–Crippen LogP) is 2.56. The molecule has 2 heterocycles. The number of anilines is 1. The molecule has 2 aliphatic heterocycles. The molecule has 0 spiro atoms. The molecule has 29 heavy (non-hydrogen) atoms. The molecule has 2 saturated heterocycles. The number of hydrogen-bond donors (Lipinski definition) is 1. The van der Waals surface area contributed by atoms with Crippen molar-refractivity contribution in [3.8, 4) is 5.75 Å². The van der Waals surface area contributed by atoms with Crippen LogP contribution < -0.4 is 4.90 Å². The molecule has 158 valence electrons. The lowest BCUT2D eigenvalue weighted by molar-refractivity contribution is -0.0526. The van der Waals surface area contributed by atoms with E-state index in [1.165, 1.54) is 24.1 Å². The minimum absolute atomic E-state index is 0.343. The molecule has 0 atom stereocenters. The SMILES string of the molecule is CC1=CC(N2CCN(CN(C)N3CCN(c4cccc(O)c4)CC3)CC2)=CCC1. The largest absolute Gasteiger partial charge is 0.508 e. The summed E-state index contributed by atoms with van der Waals surface area (Å²) in [6.07, 6.45) is 7.18. The number of hydrogen-bond acceptors (Lipinski definition) is 6. The molecule has 0 amide bonds. The number of aromatic hydroxyl groups is 1. The number of phenolic OH excluding ortho intramolecular Hbond substituents is 1. The molecule has 1 aromatic rings. The van der Waals surface area contributed by atoms with Crippen LogP contribution in [0.3, 0.4) is 0 Å². The number of piperazine rings is 2. The van der Waals surface area contributed by atoms with Gasteiger partial charge in [0.15, 0.2) is 0 Å². The molecule has 3 aliphatic rings. The lowest BCUT2D eigenvalue weighted by atomic mass is 10.0. The minimum atomic E-state index is 0.343. The fourth-order valence-electron chi connectivity index (χ4n) is 4.56. The predicted molar refractivity (Wildman–Crippen MR) is 119 cm³/mol. The molecule has 1 aromatic carbocycles. The third-order valence-electron chi connectivity index (χ3n) is 6.36. The molecule has 0 unspecified atom stereocenters. The van der Waals surface area contributed by atoms with E-state index in [1.807, 2.05) is 12.1 Å². The molecule has 0 radical (unpaired) electrons. The summed E-state index contributed by atoms with van der Waals surface area (Å²) >= 11 is 0. The fraction of sp³-hybridized carbons (Fsp3) is 0.565. The zero-order valence-electron chi connectivity index (χ0n) is 17.9. The molecule has 0 bridgehead atoms. The summed E-state index contributed by atoms with van der Waals surface area (Å²) < 4.78 is 0. The fourth-order valence-corrected chi connectivity index (χ4v) is 4.56. The van der Waals surface area contributed by atoms with E-state index in [2.05, 4.69) is 56.9 Å². The number of rotatable bonds is 5. The van der Waals surface area contributed by atoms with Crippen molar-refractivity contribution in [2.45, 2.75) is 19.8 Å². The number of allylic oxidation sites excluding steroid dienone is 3. The maximum atomic E-state index is 9.72. The summed E-state index contributed by atoms with van der Waals surface area (Å²) in [6.45, 7) is 11.7. The summed E-state index contributed by atoms with van der Waals surface area (Å²) in [7, 11) is 2.21. The van der Waals surface area contributed by atoms with E-state index in [0.717, 1.165) is 64.7 Å². The highest BCUT2D eigenvalue weighted by atomic mass is 16.3. The Balaban J connectivity index is 1.22. The van der Waals surface area contributed by atoms with Gasteiger partial charge in [-0.05, 0) is 38.0 Å². The quantitative estimate of drug-likeness (QED) is 0.823. The maximum Gasteiger partial charge on any atom is 0.117 e. The van der Waals surface area contributed by atoms with Crippen LogP contribution >= 0.6 is 0 Å². The average Bonchev–Trinajstić information content (AvgIpc) is 2.74. The van der Waals surface area contributed by atoms with Crippen LogP contribution in [0.5, 0.6) is 5.75 Å². The Labute approximate surface area is 175 Å². The van der Waals surface area contributed by atoms with Crippen LogP contribution in [0, 0.1) is 0 Å². The normalized spacial score (nSPS) is 22.0. The van der Waals surface area contributed by atoms with Crippen LogP contribution in [0.15, 0.2) is 47.7 Å². The molecule has 1 aliphatic carbocycles. The maximum absolute atomic E-state index is 9.72. The van der Waals surface area contributed by atoms with Gasteiger partial charge in [0.05, 0.1) is 6.67 Å². The van der Waals surface area contributed by atoms with E-state index in [-0.39, 0.29) is 0 Å². The van der Waals surface area contributed by atoms with Crippen molar-refractivity contribution < 1.29 is 5.11 Å². The van der Waals surface area contributed by atoms with Gasteiger partial charge in [-0.2, -0.15) is 0 Å². The second-order valence-corrected chi connectivity index (χ2v) is 8.52. The first kappa shape index (κ1) is 20.3. The van der Waals surface area contributed by atoms with Crippen LogP contribution in [-0.4, -0.2) is 91.0 Å². The molecular weight excluding hydrogens is 362 g/mol. The van der Waals surface area contributed by atoms with Crippen molar-refractivity contribution in [1.82, 2.24) is 19.8 Å². The van der Waals surface area contributed by atoms with E-state index in [1.54, 1.807) is 6.07 Å². The Morgan fingerprint density at radius 3 is 2.38 bits per heavy atom. The highest BCUT2D eigenvalue weighted by Crippen LogP contribution is 2.23. The van der Waals surface area contributed by atoms with Gasteiger partial charge in [-0.15, -0.1) is 0 Å². The number of phenols is 1. The summed E-state index contributed by atoms with van der Waals surface area (Å²) in [5.41, 5.74) is 4.06. The smallest absolute Gasteiger partial charge is 0.117 e. The topological polar surface area (TPSA) is 36.4 Å². The lowest BCUT2D eigenvalue weighted by Gasteiger charge is -2.44. The highest BCUT2D eigenvalue weighted by molar-refractivity contribution is 5.50. The summed E-state index contributed by atoms with van der Waals surface area (Å²) in [5.74, 6) is 0.343. The molecule has 4 rings (SSSR count). The van der Waals surface area contributed by atoms with Crippen molar-refractivity contribution in [3.63, 3.8) is 0 Å². The summed E-state index contributed by atoms with van der Waals surface area (Å²) in [4.78, 5) is 7.47. The second kappa shape index (κ2) is 9.20. The molecule has 0 saturated carbocycles.